The number of morpholine rings is 1. The summed E-state index contributed by atoms with van der Waals surface area (Å²) in [6.07, 6.45) is 5.79. The fraction of sp³-hybridized carbons (Fsp3) is 0.750. The van der Waals surface area contributed by atoms with E-state index >= 15 is 0 Å². The number of rotatable bonds is 8. The molecule has 156 valence electrons. The molecule has 3 heterocycles. The summed E-state index contributed by atoms with van der Waals surface area (Å²) >= 11 is 0. The molecule has 2 aliphatic rings. The SMILES string of the molecule is CC(C)n1cc(CNC(=O)[C@H]2CCC(=O)N(CCCN3CCOCC3)C2)cn1. The lowest BCUT2D eigenvalue weighted by atomic mass is 9.96. The monoisotopic (exact) mass is 391 g/mol. The van der Waals surface area contributed by atoms with Crippen molar-refractivity contribution >= 4 is 11.8 Å². The number of carbonyl (C=O) groups excluding carboxylic acids is 2. The van der Waals surface area contributed by atoms with Crippen LogP contribution in [0.2, 0.25) is 0 Å². The van der Waals surface area contributed by atoms with Crippen molar-refractivity contribution in [2.75, 3.05) is 45.9 Å². The smallest absolute Gasteiger partial charge is 0.225 e. The Hall–Kier alpha value is -1.93. The Kier molecular flexibility index (Phi) is 7.44. The molecular formula is C20H33N5O3. The zero-order valence-corrected chi connectivity index (χ0v) is 17.1. The second kappa shape index (κ2) is 10.0. The Labute approximate surface area is 167 Å². The van der Waals surface area contributed by atoms with Gasteiger partial charge in [0.1, 0.15) is 0 Å². The van der Waals surface area contributed by atoms with Crippen molar-refractivity contribution in [3.05, 3.63) is 18.0 Å². The second-order valence-electron chi connectivity index (χ2n) is 8.02. The first kappa shape index (κ1) is 20.8. The second-order valence-corrected chi connectivity index (χ2v) is 8.02. The highest BCUT2D eigenvalue weighted by atomic mass is 16.5. The topological polar surface area (TPSA) is 79.7 Å². The third-order valence-corrected chi connectivity index (χ3v) is 5.53. The summed E-state index contributed by atoms with van der Waals surface area (Å²) < 4.78 is 7.25. The minimum absolute atomic E-state index is 0.0305. The number of amides is 2. The first-order chi connectivity index (χ1) is 13.5. The summed E-state index contributed by atoms with van der Waals surface area (Å²) in [6.45, 7) is 10.4. The predicted molar refractivity (Wildman–Crippen MR) is 106 cm³/mol. The molecule has 0 unspecified atom stereocenters. The summed E-state index contributed by atoms with van der Waals surface area (Å²) in [6, 6.07) is 0.305. The van der Waals surface area contributed by atoms with Gasteiger partial charge in [0.2, 0.25) is 11.8 Å². The van der Waals surface area contributed by atoms with E-state index in [4.69, 9.17) is 4.74 Å². The van der Waals surface area contributed by atoms with E-state index in [1.807, 2.05) is 15.8 Å². The molecule has 0 radical (unpaired) electrons. The van der Waals surface area contributed by atoms with E-state index in [2.05, 4.69) is 29.2 Å². The largest absolute Gasteiger partial charge is 0.379 e. The number of hydrogen-bond donors (Lipinski definition) is 1. The molecule has 28 heavy (non-hydrogen) atoms. The van der Waals surface area contributed by atoms with Gasteiger partial charge in [-0.1, -0.05) is 0 Å². The minimum atomic E-state index is -0.124. The number of piperidine rings is 1. The van der Waals surface area contributed by atoms with Crippen LogP contribution in [0.5, 0.6) is 0 Å². The van der Waals surface area contributed by atoms with E-state index in [1.54, 1.807) is 6.20 Å². The lowest BCUT2D eigenvalue weighted by Crippen LogP contribution is -2.46. The Balaban J connectivity index is 1.41. The molecule has 2 amide bonds. The number of aromatic nitrogens is 2. The Morgan fingerprint density at radius 1 is 1.32 bits per heavy atom. The normalized spacial score (nSPS) is 21.3. The van der Waals surface area contributed by atoms with E-state index in [0.717, 1.165) is 51.4 Å². The van der Waals surface area contributed by atoms with E-state index in [9.17, 15) is 9.59 Å². The van der Waals surface area contributed by atoms with Crippen LogP contribution in [-0.2, 0) is 20.9 Å². The molecule has 0 aromatic carbocycles. The van der Waals surface area contributed by atoms with Crippen molar-refractivity contribution < 1.29 is 14.3 Å². The molecule has 0 aliphatic carbocycles. The average Bonchev–Trinajstić information content (AvgIpc) is 3.18. The van der Waals surface area contributed by atoms with Crippen molar-refractivity contribution in [2.24, 2.45) is 5.92 Å². The minimum Gasteiger partial charge on any atom is -0.379 e. The van der Waals surface area contributed by atoms with Crippen LogP contribution >= 0.6 is 0 Å². The van der Waals surface area contributed by atoms with Crippen LogP contribution < -0.4 is 5.32 Å². The number of hydrogen-bond acceptors (Lipinski definition) is 5. The molecular weight excluding hydrogens is 358 g/mol. The molecule has 1 aromatic rings. The number of likely N-dealkylation sites (tertiary alicyclic amines) is 1. The summed E-state index contributed by atoms with van der Waals surface area (Å²) in [5.74, 6) is 0.0773. The molecule has 0 bridgehead atoms. The van der Waals surface area contributed by atoms with Gasteiger partial charge in [-0.05, 0) is 26.7 Å². The van der Waals surface area contributed by atoms with Gasteiger partial charge in [-0.2, -0.15) is 5.10 Å². The zero-order valence-electron chi connectivity index (χ0n) is 17.1. The molecule has 1 aromatic heterocycles. The fourth-order valence-electron chi connectivity index (χ4n) is 3.74. The molecule has 0 saturated carbocycles. The molecule has 0 spiro atoms. The van der Waals surface area contributed by atoms with Crippen LogP contribution in [0.4, 0.5) is 0 Å². The molecule has 3 rings (SSSR count). The van der Waals surface area contributed by atoms with Crippen molar-refractivity contribution in [1.82, 2.24) is 24.9 Å². The average molecular weight is 392 g/mol. The summed E-state index contributed by atoms with van der Waals surface area (Å²) in [4.78, 5) is 29.1. The zero-order chi connectivity index (χ0) is 19.9. The lowest BCUT2D eigenvalue weighted by Gasteiger charge is -2.33. The maximum Gasteiger partial charge on any atom is 0.225 e. The molecule has 8 nitrogen and oxygen atoms in total. The molecule has 2 aliphatic heterocycles. The van der Waals surface area contributed by atoms with Gasteiger partial charge in [-0.25, -0.2) is 0 Å². The van der Waals surface area contributed by atoms with Crippen molar-refractivity contribution in [3.63, 3.8) is 0 Å². The standard InChI is InChI=1S/C20H33N5O3/c1-16(2)25-14-17(13-22-25)12-21-20(27)18-4-5-19(26)24(15-18)7-3-6-23-8-10-28-11-9-23/h13-14,16,18H,3-12,15H2,1-2H3,(H,21,27)/t18-/m0/s1. The summed E-state index contributed by atoms with van der Waals surface area (Å²) in [5, 5.41) is 7.31. The van der Waals surface area contributed by atoms with Gasteiger partial charge in [0, 0.05) is 63.5 Å². The highest BCUT2D eigenvalue weighted by Crippen LogP contribution is 2.18. The van der Waals surface area contributed by atoms with Crippen LogP contribution in [0.25, 0.3) is 0 Å². The van der Waals surface area contributed by atoms with Gasteiger partial charge in [0.15, 0.2) is 0 Å². The van der Waals surface area contributed by atoms with Crippen molar-refractivity contribution in [2.45, 2.75) is 45.7 Å². The molecule has 1 N–H and O–H groups in total. The quantitative estimate of drug-likeness (QED) is 0.716. The van der Waals surface area contributed by atoms with Crippen LogP contribution in [0.3, 0.4) is 0 Å². The van der Waals surface area contributed by atoms with Crippen LogP contribution in [0.15, 0.2) is 12.4 Å². The van der Waals surface area contributed by atoms with Crippen LogP contribution in [0.1, 0.15) is 44.7 Å². The van der Waals surface area contributed by atoms with Gasteiger partial charge in [-0.3, -0.25) is 19.2 Å². The first-order valence-electron chi connectivity index (χ1n) is 10.4. The van der Waals surface area contributed by atoms with Crippen molar-refractivity contribution in [3.8, 4) is 0 Å². The van der Waals surface area contributed by atoms with Crippen LogP contribution in [-0.4, -0.2) is 77.3 Å². The number of ether oxygens (including phenoxy) is 1. The van der Waals surface area contributed by atoms with E-state index in [0.29, 0.717) is 32.0 Å². The maximum absolute atomic E-state index is 12.6. The molecule has 1 atom stereocenters. The summed E-state index contributed by atoms with van der Waals surface area (Å²) in [7, 11) is 0. The van der Waals surface area contributed by atoms with Gasteiger partial charge >= 0.3 is 0 Å². The van der Waals surface area contributed by atoms with Crippen LogP contribution in [0, 0.1) is 5.92 Å². The third-order valence-electron chi connectivity index (χ3n) is 5.53. The van der Waals surface area contributed by atoms with Gasteiger partial charge in [0.05, 0.1) is 25.3 Å². The molecule has 2 saturated heterocycles. The Morgan fingerprint density at radius 3 is 2.82 bits per heavy atom. The van der Waals surface area contributed by atoms with Crippen molar-refractivity contribution in [1.29, 1.82) is 0 Å². The maximum atomic E-state index is 12.6. The van der Waals surface area contributed by atoms with Gasteiger partial charge in [0.25, 0.3) is 0 Å². The lowest BCUT2D eigenvalue weighted by molar-refractivity contribution is -0.138. The summed E-state index contributed by atoms with van der Waals surface area (Å²) in [5.41, 5.74) is 0.997. The predicted octanol–water partition coefficient (Wildman–Crippen LogP) is 1.04. The van der Waals surface area contributed by atoms with E-state index < -0.39 is 0 Å². The number of nitrogens with one attached hydrogen (secondary N) is 1. The van der Waals surface area contributed by atoms with E-state index in [1.165, 1.54) is 0 Å². The number of nitrogens with zero attached hydrogens (tertiary/aromatic N) is 4. The molecule has 8 heteroatoms. The van der Waals surface area contributed by atoms with Gasteiger partial charge in [-0.15, -0.1) is 0 Å². The van der Waals surface area contributed by atoms with E-state index in [-0.39, 0.29) is 17.7 Å². The van der Waals surface area contributed by atoms with Gasteiger partial charge < -0.3 is 15.0 Å². The first-order valence-corrected chi connectivity index (χ1v) is 10.4. The fourth-order valence-corrected chi connectivity index (χ4v) is 3.74. The molecule has 2 fully saturated rings. The Morgan fingerprint density at radius 2 is 2.11 bits per heavy atom. The Bertz CT molecular complexity index is 654. The third kappa shape index (κ3) is 5.78. The highest BCUT2D eigenvalue weighted by molar-refractivity contribution is 5.83. The number of carbonyl (C=O) groups is 2. The highest BCUT2D eigenvalue weighted by Gasteiger charge is 2.30.